The lowest BCUT2D eigenvalue weighted by Gasteiger charge is -2.41. The van der Waals surface area contributed by atoms with Crippen molar-refractivity contribution in [1.82, 2.24) is 0 Å². The lowest BCUT2D eigenvalue weighted by atomic mass is 9.84. The highest BCUT2D eigenvalue weighted by Gasteiger charge is 2.48. The van der Waals surface area contributed by atoms with Crippen molar-refractivity contribution in [2.75, 3.05) is 6.61 Å². The van der Waals surface area contributed by atoms with Crippen molar-refractivity contribution in [1.29, 1.82) is 0 Å². The maximum Gasteiger partial charge on any atom is 0.364 e. The van der Waals surface area contributed by atoms with E-state index in [1.807, 2.05) is 22.6 Å². The van der Waals surface area contributed by atoms with Crippen molar-refractivity contribution in [2.24, 2.45) is 5.92 Å². The van der Waals surface area contributed by atoms with E-state index in [-0.39, 0.29) is 25.7 Å². The number of halogens is 4. The molecule has 0 aromatic heterocycles. The summed E-state index contributed by atoms with van der Waals surface area (Å²) in [5.74, 6) is -2.82. The van der Waals surface area contributed by atoms with Crippen molar-refractivity contribution in [2.45, 2.75) is 49.3 Å². The molecule has 1 aliphatic heterocycles. The third-order valence-corrected chi connectivity index (χ3v) is 6.97. The molecule has 1 unspecified atom stereocenters. The van der Waals surface area contributed by atoms with E-state index in [1.165, 1.54) is 0 Å². The van der Waals surface area contributed by atoms with Gasteiger partial charge in [-0.2, -0.15) is 8.78 Å². The Labute approximate surface area is 189 Å². The van der Waals surface area contributed by atoms with Gasteiger partial charge in [0.25, 0.3) is 5.79 Å². The predicted octanol–water partition coefficient (Wildman–Crippen LogP) is 3.14. The van der Waals surface area contributed by atoms with Gasteiger partial charge >= 0.3 is 17.2 Å². The van der Waals surface area contributed by atoms with E-state index in [9.17, 15) is 35.7 Å². The summed E-state index contributed by atoms with van der Waals surface area (Å²) in [6.45, 7) is -0.815. The summed E-state index contributed by atoms with van der Waals surface area (Å²) >= 11 is 1.99. The van der Waals surface area contributed by atoms with Crippen molar-refractivity contribution in [3.8, 4) is 5.75 Å². The van der Waals surface area contributed by atoms with Crippen LogP contribution in [-0.2, 0) is 24.4 Å². The van der Waals surface area contributed by atoms with Gasteiger partial charge in [0.2, 0.25) is 0 Å². The fourth-order valence-corrected chi connectivity index (χ4v) is 4.56. The summed E-state index contributed by atoms with van der Waals surface area (Å²) in [6, 6.07) is 5.11. The molecule has 1 heterocycles. The molecule has 0 amide bonds. The van der Waals surface area contributed by atoms with E-state index in [0.29, 0.717) is 14.9 Å². The van der Waals surface area contributed by atoms with E-state index in [2.05, 4.69) is 0 Å². The fourth-order valence-electron chi connectivity index (χ4n) is 3.43. The average Bonchev–Trinajstić information content (AvgIpc) is 2.67. The Morgan fingerprint density at radius 3 is 2.58 bits per heavy atom. The first-order chi connectivity index (χ1) is 14.4. The molecule has 172 valence electrons. The summed E-state index contributed by atoms with van der Waals surface area (Å²) in [7, 11) is -6.17. The number of hydrogen-bond donors (Lipinski definition) is 0. The Hall–Kier alpha value is -1.61. The zero-order valence-electron chi connectivity index (χ0n) is 15.8. The van der Waals surface area contributed by atoms with Gasteiger partial charge in [-0.25, -0.2) is 17.6 Å². The van der Waals surface area contributed by atoms with Crippen molar-refractivity contribution >= 4 is 44.6 Å². The molecule has 1 spiro atoms. The third kappa shape index (κ3) is 4.92. The molecule has 1 saturated carbocycles. The summed E-state index contributed by atoms with van der Waals surface area (Å²) in [5.41, 5.74) is 0.327. The molecular weight excluding hydrogens is 560 g/mol. The van der Waals surface area contributed by atoms with Crippen molar-refractivity contribution in [3.05, 3.63) is 27.3 Å². The molecule has 1 atom stereocenters. The van der Waals surface area contributed by atoms with Gasteiger partial charge in [-0.05, 0) is 47.6 Å². The van der Waals surface area contributed by atoms with Gasteiger partial charge in [-0.15, -0.1) is 0 Å². The minimum Gasteiger partial charge on any atom is -0.743 e. The Kier molecular flexibility index (Phi) is 6.77. The first-order valence-electron chi connectivity index (χ1n) is 9.21. The van der Waals surface area contributed by atoms with Crippen LogP contribution in [0.25, 0.3) is 0 Å². The second kappa shape index (κ2) is 8.73. The number of fused-ring (bicyclic) bond motifs is 1. The molecule has 1 aromatic rings. The number of carbonyl (C=O) groups is 2. The van der Waals surface area contributed by atoms with E-state index >= 15 is 0 Å². The zero-order chi connectivity index (χ0) is 23.0. The fraction of sp³-hybridized carbons (Fsp3) is 0.556. The quantitative estimate of drug-likeness (QED) is 0.288. The second-order valence-electron chi connectivity index (χ2n) is 7.23. The molecule has 13 heteroatoms. The van der Waals surface area contributed by atoms with E-state index < -0.39 is 58.2 Å². The monoisotopic (exact) mass is 577 g/mol. The zero-order valence-corrected chi connectivity index (χ0v) is 18.8. The van der Waals surface area contributed by atoms with E-state index in [1.54, 1.807) is 18.2 Å². The molecule has 0 bridgehead atoms. The van der Waals surface area contributed by atoms with Gasteiger partial charge in [0.05, 0.1) is 12.5 Å². The van der Waals surface area contributed by atoms with E-state index in [0.717, 1.165) is 0 Å². The Morgan fingerprint density at radius 1 is 1.32 bits per heavy atom. The van der Waals surface area contributed by atoms with Gasteiger partial charge in [-0.3, -0.25) is 4.79 Å². The lowest BCUT2D eigenvalue weighted by molar-refractivity contribution is -0.184. The molecule has 31 heavy (non-hydrogen) atoms. The molecule has 1 aliphatic carbocycles. The lowest BCUT2D eigenvalue weighted by Crippen LogP contribution is -2.48. The number of esters is 2. The number of hydrogen-bond acceptors (Lipinski definition) is 8. The van der Waals surface area contributed by atoms with Crippen LogP contribution in [0.5, 0.6) is 5.75 Å². The van der Waals surface area contributed by atoms with Gasteiger partial charge < -0.3 is 18.8 Å². The highest BCUT2D eigenvalue weighted by Crippen LogP contribution is 2.43. The van der Waals surface area contributed by atoms with Gasteiger partial charge in [0.1, 0.15) is 11.3 Å². The topological polar surface area (TPSA) is 119 Å². The Morgan fingerprint density at radius 2 is 1.97 bits per heavy atom. The predicted molar refractivity (Wildman–Crippen MR) is 105 cm³/mol. The average molecular weight is 577 g/mol. The number of carbonyl (C=O) groups excluding carboxylic acids is 2. The van der Waals surface area contributed by atoms with Crippen LogP contribution in [0.2, 0.25) is 0 Å². The van der Waals surface area contributed by atoms with Crippen LogP contribution >= 0.6 is 22.6 Å². The molecule has 0 N–H and O–H groups in total. The van der Waals surface area contributed by atoms with Crippen LogP contribution in [-0.4, -0.2) is 48.7 Å². The van der Waals surface area contributed by atoms with Crippen LogP contribution in [0.4, 0.5) is 13.2 Å². The summed E-state index contributed by atoms with van der Waals surface area (Å²) < 4.78 is 87.7. The SMILES string of the molecule is O=C1OC2(CCC(C(=O)OCCC(F)C(F)(F)S(=O)(=O)[O-])CC2)Oc2cccc(I)c21. The minimum atomic E-state index is -6.17. The maximum absolute atomic E-state index is 13.4. The number of alkyl halides is 3. The smallest absolute Gasteiger partial charge is 0.364 e. The largest absolute Gasteiger partial charge is 0.743 e. The minimum absolute atomic E-state index is 0.182. The van der Waals surface area contributed by atoms with Crippen molar-refractivity contribution < 1.29 is 49.9 Å². The van der Waals surface area contributed by atoms with Crippen molar-refractivity contribution in [3.63, 3.8) is 0 Å². The molecule has 8 nitrogen and oxygen atoms in total. The highest BCUT2D eigenvalue weighted by molar-refractivity contribution is 14.1. The Balaban J connectivity index is 1.52. The molecule has 1 aromatic carbocycles. The first-order valence-corrected chi connectivity index (χ1v) is 11.7. The van der Waals surface area contributed by atoms with Crippen LogP contribution in [0.15, 0.2) is 18.2 Å². The van der Waals surface area contributed by atoms with E-state index in [4.69, 9.17) is 14.2 Å². The summed E-state index contributed by atoms with van der Waals surface area (Å²) in [4.78, 5) is 24.5. The van der Waals surface area contributed by atoms with Gasteiger partial charge in [0, 0.05) is 22.8 Å². The van der Waals surface area contributed by atoms with Crippen LogP contribution in [0, 0.1) is 9.49 Å². The molecule has 0 saturated heterocycles. The van der Waals surface area contributed by atoms with Crippen LogP contribution < -0.4 is 4.74 Å². The normalized spacial score (nSPS) is 24.7. The summed E-state index contributed by atoms with van der Waals surface area (Å²) in [6.07, 6.45) is -3.67. The highest BCUT2D eigenvalue weighted by atomic mass is 127. The van der Waals surface area contributed by atoms with Crippen LogP contribution in [0.3, 0.4) is 0 Å². The second-order valence-corrected chi connectivity index (χ2v) is 9.84. The van der Waals surface area contributed by atoms with Crippen LogP contribution in [0.1, 0.15) is 42.5 Å². The molecular formula is C18H17F3IO8S-. The Bertz CT molecular complexity index is 976. The first kappa shape index (κ1) is 24.0. The molecule has 1 fully saturated rings. The number of rotatable bonds is 6. The molecule has 2 aliphatic rings. The molecule has 3 rings (SSSR count). The maximum atomic E-state index is 13.4. The van der Waals surface area contributed by atoms with Gasteiger partial charge in [-0.1, -0.05) is 6.07 Å². The number of benzene rings is 1. The standard InChI is InChI=1S/C18H18F3IO8S/c19-13(18(20,21)31(25,26)27)6-9-28-15(23)10-4-7-17(8-5-10)29-12-3-1-2-11(22)14(12)16(24)30-17/h1-3,10,13H,4-9H2,(H,25,26,27)/p-1. The number of ether oxygens (including phenoxy) is 3. The third-order valence-electron chi connectivity index (χ3n) is 5.15. The van der Waals surface area contributed by atoms with Gasteiger partial charge in [0.15, 0.2) is 16.3 Å². The summed E-state index contributed by atoms with van der Waals surface area (Å²) in [5, 5.41) is -5.10. The molecule has 0 radical (unpaired) electrons.